The molecule has 0 aromatic heterocycles. The molecule has 9 nitrogen and oxygen atoms in total. The summed E-state index contributed by atoms with van der Waals surface area (Å²) in [5.74, 6) is -0.363. The highest BCUT2D eigenvalue weighted by Crippen LogP contribution is 2.30. The molecular formula is C22H29N3O6. The summed E-state index contributed by atoms with van der Waals surface area (Å²) < 4.78 is 10.6. The van der Waals surface area contributed by atoms with Gasteiger partial charge < -0.3 is 29.7 Å². The van der Waals surface area contributed by atoms with Gasteiger partial charge in [-0.1, -0.05) is 0 Å². The van der Waals surface area contributed by atoms with E-state index < -0.39 is 5.97 Å². The van der Waals surface area contributed by atoms with Gasteiger partial charge in [-0.15, -0.1) is 0 Å². The molecular weight excluding hydrogens is 402 g/mol. The Morgan fingerprint density at radius 1 is 1.16 bits per heavy atom. The number of aliphatic hydroxyl groups is 1. The summed E-state index contributed by atoms with van der Waals surface area (Å²) in [5, 5.41) is 12.2. The molecule has 3 rings (SSSR count). The van der Waals surface area contributed by atoms with Gasteiger partial charge in [0.2, 0.25) is 0 Å². The van der Waals surface area contributed by atoms with Gasteiger partial charge in [-0.05, 0) is 49.9 Å². The molecule has 31 heavy (non-hydrogen) atoms. The summed E-state index contributed by atoms with van der Waals surface area (Å²) >= 11 is 0. The molecule has 2 aliphatic heterocycles. The molecule has 168 valence electrons. The quantitative estimate of drug-likeness (QED) is 0.591. The van der Waals surface area contributed by atoms with E-state index in [1.165, 1.54) is 12.0 Å². The number of carbonyl (C=O) groups is 3. The van der Waals surface area contributed by atoms with E-state index in [0.29, 0.717) is 11.4 Å². The molecule has 1 fully saturated rings. The highest BCUT2D eigenvalue weighted by molar-refractivity contribution is 6.08. The second-order valence-corrected chi connectivity index (χ2v) is 7.74. The normalized spacial score (nSPS) is 16.2. The van der Waals surface area contributed by atoms with Gasteiger partial charge in [0.1, 0.15) is 11.4 Å². The maximum absolute atomic E-state index is 12.7. The molecule has 9 heteroatoms. The monoisotopic (exact) mass is 431 g/mol. The number of carbonyl (C=O) groups excluding carboxylic acids is 3. The highest BCUT2D eigenvalue weighted by Gasteiger charge is 2.34. The second kappa shape index (κ2) is 9.82. The topological polar surface area (TPSA) is 108 Å². The fourth-order valence-electron chi connectivity index (χ4n) is 3.94. The summed E-state index contributed by atoms with van der Waals surface area (Å²) in [7, 11) is 1.26. The number of methoxy groups -OCH3 is 1. The molecule has 1 aromatic rings. The van der Waals surface area contributed by atoms with Crippen molar-refractivity contribution in [2.45, 2.75) is 26.7 Å². The van der Waals surface area contributed by atoms with Crippen molar-refractivity contribution >= 4 is 23.5 Å². The van der Waals surface area contributed by atoms with Crippen molar-refractivity contribution in [3.63, 3.8) is 0 Å². The van der Waals surface area contributed by atoms with Crippen LogP contribution in [0.4, 0.5) is 5.69 Å². The van der Waals surface area contributed by atoms with E-state index in [2.05, 4.69) is 5.32 Å². The van der Waals surface area contributed by atoms with Crippen molar-refractivity contribution in [1.29, 1.82) is 0 Å². The minimum absolute atomic E-state index is 0.0132. The Bertz CT molecular complexity index is 882. The Balaban J connectivity index is 1.76. The predicted molar refractivity (Wildman–Crippen MR) is 114 cm³/mol. The Labute approximate surface area is 181 Å². The molecule has 1 aromatic carbocycles. The molecule has 0 unspecified atom stereocenters. The number of nitrogens with zero attached hydrogens (tertiary/aromatic N) is 2. The van der Waals surface area contributed by atoms with Crippen LogP contribution in [0, 0.1) is 13.8 Å². The van der Waals surface area contributed by atoms with Crippen LogP contribution in [0.25, 0.3) is 0 Å². The SMILES string of the molecule is COC(=O)C1=C(Nc2cc(C)c(OCC(=O)N3CCCC3)c(C)c2)C(=O)N(CCO)C1. The lowest BCUT2D eigenvalue weighted by Gasteiger charge is -2.19. The van der Waals surface area contributed by atoms with Crippen LogP contribution in [0.1, 0.15) is 24.0 Å². The number of hydrogen-bond acceptors (Lipinski definition) is 7. The lowest BCUT2D eigenvalue weighted by atomic mass is 10.1. The van der Waals surface area contributed by atoms with Gasteiger partial charge in [0, 0.05) is 25.3 Å². The number of β-amino-alcohol motifs (C(OH)–C–C–N with tert-alkyl or cyclic N) is 1. The predicted octanol–water partition coefficient (Wildman–Crippen LogP) is 0.978. The summed E-state index contributed by atoms with van der Waals surface area (Å²) in [6, 6.07) is 3.60. The summed E-state index contributed by atoms with van der Waals surface area (Å²) in [6.07, 6.45) is 2.06. The standard InChI is InChI=1S/C22H29N3O6/c1-14-10-16(11-15(2)20(14)31-13-18(27)24-6-4-5-7-24)23-19-17(22(29)30-3)12-25(8-9-26)21(19)28/h10-11,23,26H,4-9,12-13H2,1-3H3. The van der Waals surface area contributed by atoms with Crippen LogP contribution in [0.2, 0.25) is 0 Å². The second-order valence-electron chi connectivity index (χ2n) is 7.74. The van der Waals surface area contributed by atoms with E-state index in [4.69, 9.17) is 9.47 Å². The number of esters is 1. The van der Waals surface area contributed by atoms with E-state index in [1.54, 1.807) is 12.1 Å². The van der Waals surface area contributed by atoms with Gasteiger partial charge in [0.05, 0.1) is 25.8 Å². The van der Waals surface area contributed by atoms with Crippen LogP contribution >= 0.6 is 0 Å². The minimum Gasteiger partial charge on any atom is -0.483 e. The number of amides is 2. The maximum atomic E-state index is 12.7. The molecule has 0 radical (unpaired) electrons. The molecule has 1 saturated heterocycles. The fraction of sp³-hybridized carbons (Fsp3) is 0.500. The van der Waals surface area contributed by atoms with Crippen molar-refractivity contribution in [3.8, 4) is 5.75 Å². The van der Waals surface area contributed by atoms with Crippen LogP contribution in [-0.2, 0) is 19.1 Å². The van der Waals surface area contributed by atoms with Crippen molar-refractivity contribution in [2.24, 2.45) is 0 Å². The molecule has 2 N–H and O–H groups in total. The van der Waals surface area contributed by atoms with Gasteiger partial charge in [0.15, 0.2) is 6.61 Å². The summed E-state index contributed by atoms with van der Waals surface area (Å²) in [5.41, 5.74) is 2.57. The summed E-state index contributed by atoms with van der Waals surface area (Å²) in [4.78, 5) is 40.3. The van der Waals surface area contributed by atoms with E-state index >= 15 is 0 Å². The minimum atomic E-state index is -0.592. The van der Waals surface area contributed by atoms with E-state index in [0.717, 1.165) is 37.1 Å². The lowest BCUT2D eigenvalue weighted by molar-refractivity contribution is -0.136. The van der Waals surface area contributed by atoms with E-state index in [9.17, 15) is 19.5 Å². The third kappa shape index (κ3) is 4.99. The number of benzene rings is 1. The Morgan fingerprint density at radius 2 is 1.81 bits per heavy atom. The van der Waals surface area contributed by atoms with E-state index in [-0.39, 0.29) is 49.4 Å². The molecule has 2 aliphatic rings. The van der Waals surface area contributed by atoms with Gasteiger partial charge in [-0.2, -0.15) is 0 Å². The zero-order valence-corrected chi connectivity index (χ0v) is 18.2. The van der Waals surface area contributed by atoms with Gasteiger partial charge in [-0.3, -0.25) is 9.59 Å². The highest BCUT2D eigenvalue weighted by atomic mass is 16.5. The first-order valence-corrected chi connectivity index (χ1v) is 10.4. The third-order valence-corrected chi connectivity index (χ3v) is 5.48. The number of hydrogen-bond donors (Lipinski definition) is 2. The van der Waals surface area contributed by atoms with Crippen molar-refractivity contribution < 1.29 is 29.0 Å². The molecule has 2 heterocycles. The summed E-state index contributed by atoms with van der Waals surface area (Å²) in [6.45, 7) is 5.26. The number of aliphatic hydroxyl groups excluding tert-OH is 1. The molecule has 0 atom stereocenters. The van der Waals surface area contributed by atoms with Crippen LogP contribution in [0.15, 0.2) is 23.4 Å². The maximum Gasteiger partial charge on any atom is 0.337 e. The average molecular weight is 431 g/mol. The first kappa shape index (κ1) is 22.6. The van der Waals surface area contributed by atoms with Crippen molar-refractivity contribution in [1.82, 2.24) is 9.80 Å². The third-order valence-electron chi connectivity index (χ3n) is 5.48. The molecule has 0 aliphatic carbocycles. The number of ether oxygens (including phenoxy) is 2. The Kier molecular flexibility index (Phi) is 7.17. The number of anilines is 1. The van der Waals surface area contributed by atoms with Crippen molar-refractivity contribution in [3.05, 3.63) is 34.5 Å². The zero-order chi connectivity index (χ0) is 22.5. The van der Waals surface area contributed by atoms with Crippen LogP contribution in [0.3, 0.4) is 0 Å². The van der Waals surface area contributed by atoms with Crippen LogP contribution < -0.4 is 10.1 Å². The zero-order valence-electron chi connectivity index (χ0n) is 18.2. The average Bonchev–Trinajstić information content (AvgIpc) is 3.37. The van der Waals surface area contributed by atoms with Crippen LogP contribution in [-0.4, -0.2) is 79.2 Å². The van der Waals surface area contributed by atoms with Gasteiger partial charge in [-0.25, -0.2) is 4.79 Å². The molecule has 0 saturated carbocycles. The molecule has 2 amide bonds. The lowest BCUT2D eigenvalue weighted by Crippen LogP contribution is -2.32. The Morgan fingerprint density at radius 3 is 2.39 bits per heavy atom. The van der Waals surface area contributed by atoms with Crippen LogP contribution in [0.5, 0.6) is 5.75 Å². The molecule has 0 spiro atoms. The number of rotatable bonds is 8. The number of aryl methyl sites for hydroxylation is 2. The first-order valence-electron chi connectivity index (χ1n) is 10.4. The Hall–Kier alpha value is -3.07. The fourth-order valence-corrected chi connectivity index (χ4v) is 3.94. The molecule has 0 bridgehead atoms. The van der Waals surface area contributed by atoms with Crippen molar-refractivity contribution in [2.75, 3.05) is 51.8 Å². The first-order chi connectivity index (χ1) is 14.8. The van der Waals surface area contributed by atoms with E-state index in [1.807, 2.05) is 18.7 Å². The van der Waals surface area contributed by atoms with Gasteiger partial charge >= 0.3 is 5.97 Å². The smallest absolute Gasteiger partial charge is 0.337 e. The number of likely N-dealkylation sites (tertiary alicyclic amines) is 1. The number of nitrogens with one attached hydrogen (secondary N) is 1. The largest absolute Gasteiger partial charge is 0.483 e. The van der Waals surface area contributed by atoms with Gasteiger partial charge in [0.25, 0.3) is 11.8 Å².